The highest BCUT2D eigenvalue weighted by Gasteiger charge is 2.10. The Bertz CT molecular complexity index is 527. The Balaban J connectivity index is 2.13. The molecule has 0 saturated carbocycles. The molecule has 0 amide bonds. The number of nitrogens with one attached hydrogen (secondary N) is 1. The van der Waals surface area contributed by atoms with Crippen LogP contribution in [0.15, 0.2) is 10.5 Å². The van der Waals surface area contributed by atoms with E-state index in [0.717, 1.165) is 41.8 Å². The van der Waals surface area contributed by atoms with E-state index in [0.29, 0.717) is 6.54 Å². The van der Waals surface area contributed by atoms with E-state index in [-0.39, 0.29) is 0 Å². The Kier molecular flexibility index (Phi) is 3.81. The third-order valence-corrected chi connectivity index (χ3v) is 2.90. The SMILES string of the molecule is CCNCc1cc(Cn2nc(C)nc2C)c(C)o1. The lowest BCUT2D eigenvalue weighted by Gasteiger charge is -2.00. The molecule has 0 fully saturated rings. The number of furan rings is 1. The van der Waals surface area contributed by atoms with Crippen LogP contribution in [-0.2, 0) is 13.1 Å². The van der Waals surface area contributed by atoms with Crippen LogP contribution in [0.5, 0.6) is 0 Å². The maximum atomic E-state index is 5.71. The highest BCUT2D eigenvalue weighted by Crippen LogP contribution is 2.16. The van der Waals surface area contributed by atoms with Gasteiger partial charge in [-0.1, -0.05) is 6.92 Å². The number of hydrogen-bond donors (Lipinski definition) is 1. The summed E-state index contributed by atoms with van der Waals surface area (Å²) in [7, 11) is 0. The van der Waals surface area contributed by atoms with Crippen LogP contribution in [0.2, 0.25) is 0 Å². The fourth-order valence-electron chi connectivity index (χ4n) is 1.95. The quantitative estimate of drug-likeness (QED) is 0.878. The van der Waals surface area contributed by atoms with Gasteiger partial charge in [-0.05, 0) is 33.4 Å². The van der Waals surface area contributed by atoms with E-state index < -0.39 is 0 Å². The fourth-order valence-corrected chi connectivity index (χ4v) is 1.95. The van der Waals surface area contributed by atoms with Gasteiger partial charge in [-0.15, -0.1) is 0 Å². The van der Waals surface area contributed by atoms with Crippen molar-refractivity contribution in [3.8, 4) is 0 Å². The summed E-state index contributed by atoms with van der Waals surface area (Å²) in [5.74, 6) is 3.66. The lowest BCUT2D eigenvalue weighted by Crippen LogP contribution is -2.10. The highest BCUT2D eigenvalue weighted by atomic mass is 16.3. The van der Waals surface area contributed by atoms with Crippen LogP contribution < -0.4 is 5.32 Å². The van der Waals surface area contributed by atoms with Crippen LogP contribution in [0.1, 0.15) is 35.7 Å². The van der Waals surface area contributed by atoms with Gasteiger partial charge in [0.15, 0.2) is 0 Å². The summed E-state index contributed by atoms with van der Waals surface area (Å²) in [6, 6.07) is 2.09. The summed E-state index contributed by atoms with van der Waals surface area (Å²) in [6.07, 6.45) is 0. The van der Waals surface area contributed by atoms with Crippen LogP contribution in [0.25, 0.3) is 0 Å². The van der Waals surface area contributed by atoms with Crippen molar-refractivity contribution in [1.29, 1.82) is 0 Å². The molecule has 2 rings (SSSR count). The molecule has 2 aromatic rings. The van der Waals surface area contributed by atoms with Gasteiger partial charge < -0.3 is 9.73 Å². The van der Waals surface area contributed by atoms with Crippen molar-refractivity contribution in [3.63, 3.8) is 0 Å². The van der Waals surface area contributed by atoms with Crippen LogP contribution >= 0.6 is 0 Å². The number of hydrogen-bond acceptors (Lipinski definition) is 4. The molecular formula is C13H20N4O. The number of nitrogens with zero attached hydrogens (tertiary/aromatic N) is 3. The van der Waals surface area contributed by atoms with Crippen molar-refractivity contribution >= 4 is 0 Å². The summed E-state index contributed by atoms with van der Waals surface area (Å²) in [5.41, 5.74) is 1.16. The molecule has 0 aliphatic heterocycles. The molecule has 0 aliphatic carbocycles. The van der Waals surface area contributed by atoms with Crippen molar-refractivity contribution in [2.45, 2.75) is 40.8 Å². The molecule has 0 saturated heterocycles. The monoisotopic (exact) mass is 248 g/mol. The van der Waals surface area contributed by atoms with E-state index in [4.69, 9.17) is 4.42 Å². The summed E-state index contributed by atoms with van der Waals surface area (Å²) < 4.78 is 7.62. The maximum absolute atomic E-state index is 5.71. The zero-order valence-corrected chi connectivity index (χ0v) is 11.4. The average Bonchev–Trinajstić information content (AvgIpc) is 2.81. The molecule has 1 N–H and O–H groups in total. The van der Waals surface area contributed by atoms with E-state index >= 15 is 0 Å². The second kappa shape index (κ2) is 5.35. The molecular weight excluding hydrogens is 228 g/mol. The van der Waals surface area contributed by atoms with E-state index in [1.54, 1.807) is 0 Å². The van der Waals surface area contributed by atoms with Gasteiger partial charge in [-0.3, -0.25) is 0 Å². The van der Waals surface area contributed by atoms with Gasteiger partial charge in [-0.2, -0.15) is 5.10 Å². The molecule has 0 radical (unpaired) electrons. The molecule has 18 heavy (non-hydrogen) atoms. The van der Waals surface area contributed by atoms with Crippen LogP contribution in [0, 0.1) is 20.8 Å². The predicted molar refractivity (Wildman–Crippen MR) is 69.4 cm³/mol. The zero-order valence-electron chi connectivity index (χ0n) is 11.4. The lowest BCUT2D eigenvalue weighted by molar-refractivity contribution is 0.461. The van der Waals surface area contributed by atoms with Gasteiger partial charge in [0.25, 0.3) is 0 Å². The Morgan fingerprint density at radius 3 is 2.72 bits per heavy atom. The number of rotatable bonds is 5. The van der Waals surface area contributed by atoms with Crippen molar-refractivity contribution in [2.24, 2.45) is 0 Å². The van der Waals surface area contributed by atoms with Crippen molar-refractivity contribution in [3.05, 3.63) is 34.8 Å². The van der Waals surface area contributed by atoms with Crippen LogP contribution in [0.3, 0.4) is 0 Å². The summed E-state index contributed by atoms with van der Waals surface area (Å²) in [6.45, 7) is 10.4. The summed E-state index contributed by atoms with van der Waals surface area (Å²) in [4.78, 5) is 4.30. The van der Waals surface area contributed by atoms with Crippen LogP contribution in [0.4, 0.5) is 0 Å². The third-order valence-electron chi connectivity index (χ3n) is 2.90. The second-order valence-corrected chi connectivity index (χ2v) is 4.44. The van der Waals surface area contributed by atoms with Gasteiger partial charge in [0.1, 0.15) is 23.2 Å². The Morgan fingerprint density at radius 2 is 2.11 bits per heavy atom. The topological polar surface area (TPSA) is 55.9 Å². The van der Waals surface area contributed by atoms with Gasteiger partial charge in [-0.25, -0.2) is 9.67 Å². The first-order valence-corrected chi connectivity index (χ1v) is 6.27. The molecule has 5 nitrogen and oxygen atoms in total. The molecule has 0 spiro atoms. The predicted octanol–water partition coefficient (Wildman–Crippen LogP) is 1.95. The minimum Gasteiger partial charge on any atom is -0.465 e. The summed E-state index contributed by atoms with van der Waals surface area (Å²) >= 11 is 0. The third kappa shape index (κ3) is 2.79. The van der Waals surface area contributed by atoms with Gasteiger partial charge >= 0.3 is 0 Å². The molecule has 0 atom stereocenters. The van der Waals surface area contributed by atoms with E-state index in [2.05, 4.69) is 28.4 Å². The first-order chi connectivity index (χ1) is 8.60. The first kappa shape index (κ1) is 12.8. The molecule has 5 heteroatoms. The van der Waals surface area contributed by atoms with Gasteiger partial charge in [0, 0.05) is 5.56 Å². The second-order valence-electron chi connectivity index (χ2n) is 4.44. The largest absolute Gasteiger partial charge is 0.465 e. The zero-order chi connectivity index (χ0) is 13.1. The highest BCUT2D eigenvalue weighted by molar-refractivity contribution is 5.21. The minimum atomic E-state index is 0.716. The van der Waals surface area contributed by atoms with E-state index in [1.165, 1.54) is 0 Å². The van der Waals surface area contributed by atoms with E-state index in [9.17, 15) is 0 Å². The van der Waals surface area contributed by atoms with Gasteiger partial charge in [0.2, 0.25) is 0 Å². The Hall–Kier alpha value is -1.62. The molecule has 0 aliphatic rings. The van der Waals surface area contributed by atoms with Crippen molar-refractivity contribution < 1.29 is 4.42 Å². The van der Waals surface area contributed by atoms with E-state index in [1.807, 2.05) is 25.5 Å². The Labute approximate surface area is 107 Å². The first-order valence-electron chi connectivity index (χ1n) is 6.27. The minimum absolute atomic E-state index is 0.716. The normalized spacial score (nSPS) is 11.1. The smallest absolute Gasteiger partial charge is 0.147 e. The average molecular weight is 248 g/mol. The molecule has 2 aromatic heterocycles. The number of aryl methyl sites for hydroxylation is 3. The van der Waals surface area contributed by atoms with Crippen LogP contribution in [-0.4, -0.2) is 21.3 Å². The standard InChI is InChI=1S/C13H20N4O/c1-5-14-7-13-6-12(9(2)18-13)8-17-11(4)15-10(3)16-17/h6,14H,5,7-8H2,1-4H3. The summed E-state index contributed by atoms with van der Waals surface area (Å²) in [5, 5.41) is 7.62. The fraction of sp³-hybridized carbons (Fsp3) is 0.538. The van der Waals surface area contributed by atoms with Crippen molar-refractivity contribution in [1.82, 2.24) is 20.1 Å². The molecule has 0 aromatic carbocycles. The molecule has 2 heterocycles. The van der Waals surface area contributed by atoms with Gasteiger partial charge in [0.05, 0.1) is 13.1 Å². The lowest BCUT2D eigenvalue weighted by atomic mass is 10.2. The molecule has 0 bridgehead atoms. The maximum Gasteiger partial charge on any atom is 0.147 e. The van der Waals surface area contributed by atoms with Crippen molar-refractivity contribution in [2.75, 3.05) is 6.54 Å². The molecule has 98 valence electrons. The Morgan fingerprint density at radius 1 is 1.33 bits per heavy atom. The molecule has 0 unspecified atom stereocenters. The number of aromatic nitrogens is 3.